The molecule has 0 saturated carbocycles. The maximum absolute atomic E-state index is 11.0. The van der Waals surface area contributed by atoms with Gasteiger partial charge in [-0.15, -0.1) is 0 Å². The third kappa shape index (κ3) is 5.85. The van der Waals surface area contributed by atoms with Crippen molar-refractivity contribution in [3.05, 3.63) is 0 Å². The lowest BCUT2D eigenvalue weighted by atomic mass is 10.2. The summed E-state index contributed by atoms with van der Waals surface area (Å²) in [6.45, 7) is 4.23. The summed E-state index contributed by atoms with van der Waals surface area (Å²) in [7, 11) is -2.99. The highest BCUT2D eigenvalue weighted by atomic mass is 32.2. The molecule has 3 nitrogen and oxygen atoms in total. The van der Waals surface area contributed by atoms with E-state index in [9.17, 15) is 8.42 Å². The highest BCUT2D eigenvalue weighted by Crippen LogP contribution is 2.02. The summed E-state index contributed by atoms with van der Waals surface area (Å²) in [4.78, 5) is 0. The van der Waals surface area contributed by atoms with E-state index in [1.54, 1.807) is 18.7 Å². The molecule has 0 spiro atoms. The fourth-order valence-electron chi connectivity index (χ4n) is 0.715. The lowest BCUT2D eigenvalue weighted by molar-refractivity contribution is 0.564. The van der Waals surface area contributed by atoms with E-state index >= 15 is 0 Å². The molecule has 0 rings (SSSR count). The van der Waals surface area contributed by atoms with Gasteiger partial charge in [-0.1, -0.05) is 6.92 Å². The standard InChI is InChI=1S/C7H17NO2S2/c1-4-12(9,10)8-5-7(2)6-11-3/h7-8H,4-6H2,1-3H3. The molecule has 5 heteroatoms. The van der Waals surface area contributed by atoms with Gasteiger partial charge in [-0.05, 0) is 24.9 Å². The van der Waals surface area contributed by atoms with Crippen molar-refractivity contribution >= 4 is 21.8 Å². The number of hydrogen-bond acceptors (Lipinski definition) is 3. The van der Waals surface area contributed by atoms with Crippen molar-refractivity contribution < 1.29 is 8.42 Å². The van der Waals surface area contributed by atoms with Crippen LogP contribution in [-0.2, 0) is 10.0 Å². The van der Waals surface area contributed by atoms with Crippen LogP contribution in [0.25, 0.3) is 0 Å². The van der Waals surface area contributed by atoms with Crippen molar-refractivity contribution in [1.29, 1.82) is 0 Å². The number of sulfonamides is 1. The second-order valence-corrected chi connectivity index (χ2v) is 5.82. The lowest BCUT2D eigenvalue weighted by Gasteiger charge is -2.10. The zero-order valence-electron chi connectivity index (χ0n) is 7.83. The summed E-state index contributed by atoms with van der Waals surface area (Å²) < 4.78 is 24.5. The molecule has 0 heterocycles. The Morgan fingerprint density at radius 2 is 2.08 bits per heavy atom. The SMILES string of the molecule is CCS(=O)(=O)NCC(C)CSC. The van der Waals surface area contributed by atoms with Crippen molar-refractivity contribution in [2.24, 2.45) is 5.92 Å². The van der Waals surface area contributed by atoms with Gasteiger partial charge in [0.25, 0.3) is 0 Å². The molecule has 12 heavy (non-hydrogen) atoms. The van der Waals surface area contributed by atoms with Crippen LogP contribution in [0.15, 0.2) is 0 Å². The molecular weight excluding hydrogens is 194 g/mol. The molecule has 1 N–H and O–H groups in total. The molecule has 0 fully saturated rings. The first-order valence-corrected chi connectivity index (χ1v) is 7.02. The molecule has 0 aliphatic heterocycles. The quantitative estimate of drug-likeness (QED) is 0.711. The minimum atomic E-state index is -2.99. The topological polar surface area (TPSA) is 46.2 Å². The van der Waals surface area contributed by atoms with Gasteiger partial charge in [0.05, 0.1) is 5.75 Å². The molecule has 0 aliphatic rings. The van der Waals surface area contributed by atoms with E-state index in [-0.39, 0.29) is 5.75 Å². The van der Waals surface area contributed by atoms with Crippen molar-refractivity contribution in [3.63, 3.8) is 0 Å². The van der Waals surface area contributed by atoms with Crippen LogP contribution < -0.4 is 4.72 Å². The van der Waals surface area contributed by atoms with Crippen LogP contribution in [0.1, 0.15) is 13.8 Å². The molecule has 0 bridgehead atoms. The van der Waals surface area contributed by atoms with Gasteiger partial charge in [-0.25, -0.2) is 13.1 Å². The van der Waals surface area contributed by atoms with Crippen LogP contribution >= 0.6 is 11.8 Å². The highest BCUT2D eigenvalue weighted by Gasteiger charge is 2.08. The van der Waals surface area contributed by atoms with Crippen LogP contribution in [0.3, 0.4) is 0 Å². The van der Waals surface area contributed by atoms with Crippen molar-refractivity contribution in [1.82, 2.24) is 4.72 Å². The monoisotopic (exact) mass is 211 g/mol. The molecule has 1 unspecified atom stereocenters. The van der Waals surface area contributed by atoms with Crippen LogP contribution in [0, 0.1) is 5.92 Å². The Morgan fingerprint density at radius 1 is 1.50 bits per heavy atom. The van der Waals surface area contributed by atoms with Crippen molar-refractivity contribution in [2.75, 3.05) is 24.3 Å². The van der Waals surface area contributed by atoms with Crippen molar-refractivity contribution in [2.45, 2.75) is 13.8 Å². The molecule has 0 saturated heterocycles. The molecule has 0 amide bonds. The number of hydrogen-bond donors (Lipinski definition) is 1. The summed E-state index contributed by atoms with van der Waals surface area (Å²) in [6.07, 6.45) is 2.02. The maximum Gasteiger partial charge on any atom is 0.211 e. The van der Waals surface area contributed by atoms with Crippen LogP contribution in [0.2, 0.25) is 0 Å². The maximum atomic E-state index is 11.0. The predicted molar refractivity (Wildman–Crippen MR) is 55.0 cm³/mol. The Balaban J connectivity index is 3.68. The first-order valence-electron chi connectivity index (χ1n) is 3.98. The third-order valence-corrected chi connectivity index (χ3v) is 3.75. The van der Waals surface area contributed by atoms with E-state index in [2.05, 4.69) is 4.72 Å². The average molecular weight is 211 g/mol. The molecule has 74 valence electrons. The number of nitrogens with one attached hydrogen (secondary N) is 1. The second-order valence-electron chi connectivity index (χ2n) is 2.81. The Hall–Kier alpha value is 0.260. The Kier molecular flexibility index (Phi) is 5.96. The molecule has 0 radical (unpaired) electrons. The van der Waals surface area contributed by atoms with E-state index in [0.717, 1.165) is 5.75 Å². The first kappa shape index (κ1) is 12.3. The van der Waals surface area contributed by atoms with Gasteiger partial charge in [0.15, 0.2) is 0 Å². The molecule has 0 aliphatic carbocycles. The van der Waals surface area contributed by atoms with Gasteiger partial charge in [0.2, 0.25) is 10.0 Å². The molecule has 1 atom stereocenters. The Labute approximate surface area is 79.4 Å². The fourth-order valence-corrected chi connectivity index (χ4v) is 2.14. The number of rotatable bonds is 6. The van der Waals surface area contributed by atoms with E-state index in [1.807, 2.05) is 13.2 Å². The van der Waals surface area contributed by atoms with E-state index in [4.69, 9.17) is 0 Å². The van der Waals surface area contributed by atoms with Crippen LogP contribution in [-0.4, -0.2) is 32.7 Å². The zero-order chi connectivity index (χ0) is 9.61. The van der Waals surface area contributed by atoms with Gasteiger partial charge >= 0.3 is 0 Å². The lowest BCUT2D eigenvalue weighted by Crippen LogP contribution is -2.30. The van der Waals surface area contributed by atoms with Gasteiger partial charge in [-0.2, -0.15) is 11.8 Å². The minimum absolute atomic E-state index is 0.166. The van der Waals surface area contributed by atoms with Gasteiger partial charge in [0.1, 0.15) is 0 Å². The summed E-state index contributed by atoms with van der Waals surface area (Å²) >= 11 is 1.73. The smallest absolute Gasteiger partial charge is 0.211 e. The zero-order valence-corrected chi connectivity index (χ0v) is 9.46. The number of thioether (sulfide) groups is 1. The Morgan fingerprint density at radius 3 is 2.50 bits per heavy atom. The second kappa shape index (κ2) is 5.83. The van der Waals surface area contributed by atoms with E-state index in [0.29, 0.717) is 12.5 Å². The minimum Gasteiger partial charge on any atom is -0.215 e. The molecule has 0 aromatic carbocycles. The highest BCUT2D eigenvalue weighted by molar-refractivity contribution is 7.98. The largest absolute Gasteiger partial charge is 0.215 e. The Bertz CT molecular complexity index is 201. The third-order valence-electron chi connectivity index (χ3n) is 1.48. The normalized spacial score (nSPS) is 14.6. The van der Waals surface area contributed by atoms with E-state index in [1.165, 1.54) is 0 Å². The van der Waals surface area contributed by atoms with Crippen LogP contribution in [0.5, 0.6) is 0 Å². The van der Waals surface area contributed by atoms with Crippen molar-refractivity contribution in [3.8, 4) is 0 Å². The van der Waals surface area contributed by atoms with Crippen LogP contribution in [0.4, 0.5) is 0 Å². The summed E-state index contributed by atoms with van der Waals surface area (Å²) in [6, 6.07) is 0. The van der Waals surface area contributed by atoms with E-state index < -0.39 is 10.0 Å². The average Bonchev–Trinajstić information content (AvgIpc) is 2.02. The first-order chi connectivity index (χ1) is 5.52. The van der Waals surface area contributed by atoms with Gasteiger partial charge in [-0.3, -0.25) is 0 Å². The molecule has 0 aromatic rings. The van der Waals surface area contributed by atoms with Gasteiger partial charge in [0, 0.05) is 6.54 Å². The van der Waals surface area contributed by atoms with Gasteiger partial charge < -0.3 is 0 Å². The molecular formula is C7H17NO2S2. The summed E-state index contributed by atoms with van der Waals surface area (Å²) in [5, 5.41) is 0. The molecule has 0 aromatic heterocycles. The predicted octanol–water partition coefficient (Wildman–Crippen LogP) is 0.925. The summed E-state index contributed by atoms with van der Waals surface area (Å²) in [5.74, 6) is 1.56. The fraction of sp³-hybridized carbons (Fsp3) is 1.00. The summed E-state index contributed by atoms with van der Waals surface area (Å²) in [5.41, 5.74) is 0.